The Morgan fingerprint density at radius 3 is 2.10 bits per heavy atom. The van der Waals surface area contributed by atoms with E-state index >= 15 is 0 Å². The minimum absolute atomic E-state index is 0.253. The van der Waals surface area contributed by atoms with E-state index in [1.54, 1.807) is 45.6 Å². The van der Waals surface area contributed by atoms with Crippen LogP contribution >= 0.6 is 11.6 Å². The van der Waals surface area contributed by atoms with Crippen molar-refractivity contribution in [2.45, 2.75) is 6.61 Å². The summed E-state index contributed by atoms with van der Waals surface area (Å²) in [5.41, 5.74) is 0.660. The number of benzene rings is 1. The van der Waals surface area contributed by atoms with Crippen LogP contribution in [0, 0.1) is 0 Å². The minimum atomic E-state index is 0.253. The van der Waals surface area contributed by atoms with Crippen molar-refractivity contribution in [2.24, 2.45) is 0 Å². The molecule has 0 aliphatic carbocycles. The molecule has 0 fully saturated rings. The first-order chi connectivity index (χ1) is 10.2. The van der Waals surface area contributed by atoms with Crippen molar-refractivity contribution in [3.63, 3.8) is 0 Å². The van der Waals surface area contributed by atoms with Crippen LogP contribution in [0.25, 0.3) is 0 Å². The van der Waals surface area contributed by atoms with Gasteiger partial charge in [0.1, 0.15) is 18.1 Å². The molecule has 7 heteroatoms. The van der Waals surface area contributed by atoms with Gasteiger partial charge in [-0.05, 0) is 12.1 Å². The molecule has 0 aliphatic rings. The van der Waals surface area contributed by atoms with Gasteiger partial charge in [-0.15, -0.1) is 5.10 Å². The molecule has 112 valence electrons. The van der Waals surface area contributed by atoms with Gasteiger partial charge in [0.15, 0.2) is 16.7 Å². The van der Waals surface area contributed by atoms with Crippen molar-refractivity contribution < 1.29 is 18.9 Å². The van der Waals surface area contributed by atoms with Crippen molar-refractivity contribution in [3.8, 4) is 23.0 Å². The second-order valence-electron chi connectivity index (χ2n) is 4.00. The molecule has 2 aromatic rings. The first-order valence-electron chi connectivity index (χ1n) is 6.09. The molecular weight excluding hydrogens is 296 g/mol. The Morgan fingerprint density at radius 2 is 1.62 bits per heavy atom. The van der Waals surface area contributed by atoms with Gasteiger partial charge < -0.3 is 18.9 Å². The summed E-state index contributed by atoms with van der Waals surface area (Å²) in [5, 5.41) is 8.01. The van der Waals surface area contributed by atoms with Crippen LogP contribution in [0.4, 0.5) is 0 Å². The summed E-state index contributed by atoms with van der Waals surface area (Å²) in [6.45, 7) is 0.253. The molecule has 0 aliphatic heterocycles. The van der Waals surface area contributed by atoms with Gasteiger partial charge in [-0.3, -0.25) is 0 Å². The Hall–Kier alpha value is -2.21. The van der Waals surface area contributed by atoms with Crippen LogP contribution < -0.4 is 18.9 Å². The maximum atomic E-state index is 5.68. The lowest BCUT2D eigenvalue weighted by atomic mass is 10.2. The topological polar surface area (TPSA) is 62.7 Å². The van der Waals surface area contributed by atoms with Gasteiger partial charge in [0.2, 0.25) is 5.75 Å². The maximum Gasteiger partial charge on any atom is 0.203 e. The highest BCUT2D eigenvalue weighted by atomic mass is 35.5. The van der Waals surface area contributed by atoms with Crippen LogP contribution in [0.5, 0.6) is 23.0 Å². The first kappa shape index (κ1) is 15.2. The summed E-state index contributed by atoms with van der Waals surface area (Å²) in [6, 6.07) is 6.82. The van der Waals surface area contributed by atoms with Crippen molar-refractivity contribution in [1.82, 2.24) is 10.2 Å². The maximum absolute atomic E-state index is 5.68. The fraction of sp³-hybridized carbons (Fsp3) is 0.286. The molecule has 0 unspecified atom stereocenters. The number of nitrogens with zero attached hydrogens (tertiary/aromatic N) is 2. The Kier molecular flexibility index (Phi) is 5.05. The summed E-state index contributed by atoms with van der Waals surface area (Å²) in [6.07, 6.45) is 0. The van der Waals surface area contributed by atoms with Gasteiger partial charge in [0, 0.05) is 12.1 Å². The number of hydrogen-bond donors (Lipinski definition) is 0. The average molecular weight is 311 g/mol. The largest absolute Gasteiger partial charge is 0.493 e. The molecule has 1 heterocycles. The normalized spacial score (nSPS) is 10.1. The van der Waals surface area contributed by atoms with Gasteiger partial charge in [0.05, 0.1) is 21.3 Å². The van der Waals surface area contributed by atoms with Crippen LogP contribution in [0.1, 0.15) is 5.69 Å². The minimum Gasteiger partial charge on any atom is -0.493 e. The van der Waals surface area contributed by atoms with Crippen LogP contribution in [-0.4, -0.2) is 31.5 Å². The van der Waals surface area contributed by atoms with Crippen LogP contribution in [0.15, 0.2) is 24.3 Å². The molecule has 0 N–H and O–H groups in total. The van der Waals surface area contributed by atoms with Crippen LogP contribution in [0.3, 0.4) is 0 Å². The van der Waals surface area contributed by atoms with E-state index in [2.05, 4.69) is 10.2 Å². The van der Waals surface area contributed by atoms with Crippen molar-refractivity contribution in [2.75, 3.05) is 21.3 Å². The number of halogens is 1. The molecule has 0 bridgehead atoms. The standard InChI is InChI=1S/C14H15ClN2O4/c1-18-11-6-10(7-12(19-2)14(11)20-3)21-8-9-4-5-13(15)17-16-9/h4-7H,8H2,1-3H3. The van der Waals surface area contributed by atoms with E-state index in [9.17, 15) is 0 Å². The van der Waals surface area contributed by atoms with Crippen molar-refractivity contribution in [3.05, 3.63) is 35.1 Å². The molecular formula is C14H15ClN2O4. The van der Waals surface area contributed by atoms with Crippen LogP contribution in [0.2, 0.25) is 5.15 Å². The lowest BCUT2D eigenvalue weighted by molar-refractivity contribution is 0.287. The van der Waals surface area contributed by atoms with Gasteiger partial charge in [-0.25, -0.2) is 0 Å². The second-order valence-corrected chi connectivity index (χ2v) is 4.38. The van der Waals surface area contributed by atoms with E-state index < -0.39 is 0 Å². The zero-order valence-corrected chi connectivity index (χ0v) is 12.7. The summed E-state index contributed by atoms with van der Waals surface area (Å²) >= 11 is 5.68. The Bertz CT molecular complexity index is 579. The third-order valence-corrected chi connectivity index (χ3v) is 2.91. The third-order valence-electron chi connectivity index (χ3n) is 2.71. The lowest BCUT2D eigenvalue weighted by Gasteiger charge is -2.14. The fourth-order valence-electron chi connectivity index (χ4n) is 1.72. The summed E-state index contributed by atoms with van der Waals surface area (Å²) in [5.74, 6) is 2.13. The number of rotatable bonds is 6. The Balaban J connectivity index is 2.18. The summed E-state index contributed by atoms with van der Waals surface area (Å²) in [7, 11) is 4.64. The molecule has 6 nitrogen and oxygen atoms in total. The third kappa shape index (κ3) is 3.66. The second kappa shape index (κ2) is 6.99. The highest BCUT2D eigenvalue weighted by Crippen LogP contribution is 2.40. The van der Waals surface area contributed by atoms with Gasteiger partial charge in [-0.2, -0.15) is 5.10 Å². The summed E-state index contributed by atoms with van der Waals surface area (Å²) in [4.78, 5) is 0. The number of aromatic nitrogens is 2. The van der Waals surface area contributed by atoms with E-state index in [0.717, 1.165) is 0 Å². The monoisotopic (exact) mass is 310 g/mol. The van der Waals surface area contributed by atoms with E-state index in [-0.39, 0.29) is 6.61 Å². The molecule has 1 aromatic carbocycles. The highest BCUT2D eigenvalue weighted by molar-refractivity contribution is 6.29. The number of methoxy groups -OCH3 is 3. The molecule has 0 radical (unpaired) electrons. The molecule has 2 rings (SSSR count). The summed E-state index contributed by atoms with van der Waals surface area (Å²) < 4.78 is 21.4. The van der Waals surface area contributed by atoms with Gasteiger partial charge >= 0.3 is 0 Å². The fourth-order valence-corrected chi connectivity index (χ4v) is 1.82. The predicted molar refractivity (Wildman–Crippen MR) is 77.5 cm³/mol. The number of hydrogen-bond acceptors (Lipinski definition) is 6. The Morgan fingerprint density at radius 1 is 0.952 bits per heavy atom. The van der Waals surface area contributed by atoms with E-state index in [1.165, 1.54) is 0 Å². The molecule has 21 heavy (non-hydrogen) atoms. The van der Waals surface area contributed by atoms with E-state index in [1.807, 2.05) is 0 Å². The van der Waals surface area contributed by atoms with Gasteiger partial charge in [0.25, 0.3) is 0 Å². The molecule has 0 amide bonds. The number of ether oxygens (including phenoxy) is 4. The SMILES string of the molecule is COc1cc(OCc2ccc(Cl)nn2)cc(OC)c1OC. The van der Waals surface area contributed by atoms with Crippen LogP contribution in [-0.2, 0) is 6.61 Å². The molecule has 1 aromatic heterocycles. The zero-order valence-electron chi connectivity index (χ0n) is 11.9. The molecule has 0 atom stereocenters. The predicted octanol–water partition coefficient (Wildman–Crippen LogP) is 2.73. The smallest absolute Gasteiger partial charge is 0.203 e. The quantitative estimate of drug-likeness (QED) is 0.817. The van der Waals surface area contributed by atoms with Gasteiger partial charge in [-0.1, -0.05) is 11.6 Å². The Labute approximate surface area is 127 Å². The van der Waals surface area contributed by atoms with E-state index in [0.29, 0.717) is 33.8 Å². The average Bonchev–Trinajstić information content (AvgIpc) is 2.53. The van der Waals surface area contributed by atoms with Crippen molar-refractivity contribution >= 4 is 11.6 Å². The first-order valence-corrected chi connectivity index (χ1v) is 6.46. The molecule has 0 saturated heterocycles. The highest BCUT2D eigenvalue weighted by Gasteiger charge is 2.14. The molecule has 0 saturated carbocycles. The molecule has 0 spiro atoms. The van der Waals surface area contributed by atoms with Crippen molar-refractivity contribution in [1.29, 1.82) is 0 Å². The zero-order chi connectivity index (χ0) is 15.2. The lowest BCUT2D eigenvalue weighted by Crippen LogP contribution is -2.01. The van der Waals surface area contributed by atoms with E-state index in [4.69, 9.17) is 30.5 Å².